The minimum atomic E-state index is 0.558. The van der Waals surface area contributed by atoms with Crippen LogP contribution >= 0.6 is 0 Å². The average Bonchev–Trinajstić information content (AvgIpc) is 2.64. The maximum absolute atomic E-state index is 2.64. The molecule has 24 heavy (non-hydrogen) atoms. The third kappa shape index (κ3) is 3.42. The predicted octanol–water partition coefficient (Wildman–Crippen LogP) is 4.86. The van der Waals surface area contributed by atoms with Crippen LogP contribution in [-0.2, 0) is 25.9 Å². The van der Waals surface area contributed by atoms with Gasteiger partial charge in [-0.25, -0.2) is 0 Å². The molecule has 1 aliphatic heterocycles. The van der Waals surface area contributed by atoms with Gasteiger partial charge in [-0.1, -0.05) is 84.9 Å². The highest BCUT2D eigenvalue weighted by Gasteiger charge is 2.26. The fourth-order valence-electron chi connectivity index (χ4n) is 3.73. The summed E-state index contributed by atoms with van der Waals surface area (Å²) < 4.78 is 0. The molecule has 0 radical (unpaired) electrons. The van der Waals surface area contributed by atoms with E-state index in [0.29, 0.717) is 6.04 Å². The lowest BCUT2D eigenvalue weighted by Crippen LogP contribution is -2.41. The molecule has 0 amide bonds. The van der Waals surface area contributed by atoms with Crippen molar-refractivity contribution in [2.45, 2.75) is 32.0 Å². The van der Waals surface area contributed by atoms with Crippen LogP contribution in [0, 0.1) is 0 Å². The Labute approximate surface area is 144 Å². The second kappa shape index (κ2) is 7.02. The van der Waals surface area contributed by atoms with Crippen molar-refractivity contribution >= 4 is 0 Å². The molecule has 0 fully saturated rings. The summed E-state index contributed by atoms with van der Waals surface area (Å²) in [5.41, 5.74) is 5.83. The lowest BCUT2D eigenvalue weighted by molar-refractivity contribution is 0.161. The van der Waals surface area contributed by atoms with Gasteiger partial charge in [-0.05, 0) is 35.1 Å². The van der Waals surface area contributed by atoms with Gasteiger partial charge in [-0.15, -0.1) is 0 Å². The van der Waals surface area contributed by atoms with Crippen LogP contribution in [0.3, 0.4) is 0 Å². The molecule has 0 saturated heterocycles. The summed E-state index contributed by atoms with van der Waals surface area (Å²) in [5.74, 6) is 0. The van der Waals surface area contributed by atoms with Crippen LogP contribution in [0.2, 0.25) is 0 Å². The molecule has 1 atom stereocenters. The van der Waals surface area contributed by atoms with Crippen LogP contribution < -0.4 is 0 Å². The van der Waals surface area contributed by atoms with E-state index < -0.39 is 0 Å². The summed E-state index contributed by atoms with van der Waals surface area (Å²) in [7, 11) is 0. The number of benzene rings is 3. The molecule has 0 saturated carbocycles. The van der Waals surface area contributed by atoms with Gasteiger partial charge in [0.2, 0.25) is 0 Å². The molecular weight excluding hydrogens is 290 g/mol. The van der Waals surface area contributed by atoms with Crippen molar-refractivity contribution in [3.63, 3.8) is 0 Å². The highest BCUT2D eigenvalue weighted by atomic mass is 15.2. The van der Waals surface area contributed by atoms with Gasteiger partial charge in [-0.2, -0.15) is 0 Å². The van der Waals surface area contributed by atoms with Crippen LogP contribution in [0.1, 0.15) is 22.3 Å². The molecule has 0 N–H and O–H groups in total. The summed E-state index contributed by atoms with van der Waals surface area (Å²) in [6.45, 7) is 2.06. The largest absolute Gasteiger partial charge is 0.291 e. The summed E-state index contributed by atoms with van der Waals surface area (Å²) in [4.78, 5) is 2.64. The first-order valence-electron chi connectivity index (χ1n) is 8.77. The first-order chi connectivity index (χ1) is 11.9. The maximum atomic E-state index is 2.64. The highest BCUT2D eigenvalue weighted by Crippen LogP contribution is 2.27. The molecule has 1 heteroatoms. The van der Waals surface area contributed by atoms with Gasteiger partial charge in [0.05, 0.1) is 0 Å². The van der Waals surface area contributed by atoms with E-state index in [4.69, 9.17) is 0 Å². The Hall–Kier alpha value is -2.38. The topological polar surface area (TPSA) is 3.24 Å². The highest BCUT2D eigenvalue weighted by molar-refractivity contribution is 5.31. The SMILES string of the molecule is c1ccc(CC2Cc3ccccc3CN2Cc2ccccc2)cc1. The van der Waals surface area contributed by atoms with Crippen molar-refractivity contribution in [3.8, 4) is 0 Å². The van der Waals surface area contributed by atoms with Gasteiger partial charge in [-0.3, -0.25) is 4.90 Å². The van der Waals surface area contributed by atoms with Gasteiger partial charge in [0, 0.05) is 19.1 Å². The van der Waals surface area contributed by atoms with Gasteiger partial charge in [0.25, 0.3) is 0 Å². The van der Waals surface area contributed by atoms with Crippen LogP contribution in [0.25, 0.3) is 0 Å². The normalized spacial score (nSPS) is 17.4. The van der Waals surface area contributed by atoms with E-state index in [2.05, 4.69) is 89.8 Å². The Bertz CT molecular complexity index is 711. The molecule has 1 heterocycles. The Morgan fingerprint density at radius 2 is 1.25 bits per heavy atom. The van der Waals surface area contributed by atoms with Crippen molar-refractivity contribution in [1.82, 2.24) is 4.90 Å². The molecule has 0 bridgehead atoms. The lowest BCUT2D eigenvalue weighted by atomic mass is 9.90. The van der Waals surface area contributed by atoms with Crippen LogP contribution in [-0.4, -0.2) is 10.9 Å². The Balaban J connectivity index is 1.60. The second-order valence-corrected chi connectivity index (χ2v) is 6.71. The molecule has 1 nitrogen and oxygen atoms in total. The number of hydrogen-bond acceptors (Lipinski definition) is 1. The first kappa shape index (κ1) is 15.2. The Morgan fingerprint density at radius 1 is 0.667 bits per heavy atom. The van der Waals surface area contributed by atoms with E-state index >= 15 is 0 Å². The van der Waals surface area contributed by atoms with Gasteiger partial charge < -0.3 is 0 Å². The van der Waals surface area contributed by atoms with E-state index in [9.17, 15) is 0 Å². The van der Waals surface area contributed by atoms with Crippen LogP contribution in [0.5, 0.6) is 0 Å². The average molecular weight is 313 g/mol. The van der Waals surface area contributed by atoms with Crippen molar-refractivity contribution in [3.05, 3.63) is 107 Å². The standard InChI is InChI=1S/C23H23N/c1-3-9-19(10-4-1)15-23-16-21-13-7-8-14-22(21)18-24(23)17-20-11-5-2-6-12-20/h1-14,23H,15-18H2. The van der Waals surface area contributed by atoms with Gasteiger partial charge >= 0.3 is 0 Å². The Morgan fingerprint density at radius 3 is 1.96 bits per heavy atom. The first-order valence-corrected chi connectivity index (χ1v) is 8.77. The molecule has 0 aromatic heterocycles. The second-order valence-electron chi connectivity index (χ2n) is 6.71. The van der Waals surface area contributed by atoms with E-state index in [1.165, 1.54) is 22.3 Å². The molecule has 120 valence electrons. The zero-order chi connectivity index (χ0) is 16.2. The van der Waals surface area contributed by atoms with E-state index in [1.807, 2.05) is 0 Å². The van der Waals surface area contributed by atoms with Crippen molar-refractivity contribution in [2.75, 3.05) is 0 Å². The van der Waals surface area contributed by atoms with Crippen molar-refractivity contribution in [1.29, 1.82) is 0 Å². The van der Waals surface area contributed by atoms with Crippen LogP contribution in [0.4, 0.5) is 0 Å². The van der Waals surface area contributed by atoms with E-state index in [1.54, 1.807) is 0 Å². The fourth-order valence-corrected chi connectivity index (χ4v) is 3.73. The minimum Gasteiger partial charge on any atom is -0.291 e. The maximum Gasteiger partial charge on any atom is 0.0243 e. The van der Waals surface area contributed by atoms with E-state index in [0.717, 1.165) is 25.9 Å². The molecular formula is C23H23N. The number of nitrogens with zero attached hydrogens (tertiary/aromatic N) is 1. The molecule has 0 spiro atoms. The summed E-state index contributed by atoms with van der Waals surface area (Å²) in [6.07, 6.45) is 2.25. The van der Waals surface area contributed by atoms with Crippen molar-refractivity contribution in [2.24, 2.45) is 0 Å². The fraction of sp³-hybridized carbons (Fsp3) is 0.217. The Kier molecular flexibility index (Phi) is 4.44. The molecule has 4 rings (SSSR count). The summed E-state index contributed by atoms with van der Waals surface area (Å²) in [6, 6.07) is 31.2. The van der Waals surface area contributed by atoms with Gasteiger partial charge in [0.1, 0.15) is 0 Å². The number of hydrogen-bond donors (Lipinski definition) is 0. The lowest BCUT2D eigenvalue weighted by Gasteiger charge is -2.37. The van der Waals surface area contributed by atoms with Crippen LogP contribution in [0.15, 0.2) is 84.9 Å². The zero-order valence-corrected chi connectivity index (χ0v) is 13.9. The summed E-state index contributed by atoms with van der Waals surface area (Å²) >= 11 is 0. The molecule has 3 aromatic carbocycles. The third-order valence-electron chi connectivity index (χ3n) is 5.01. The number of fused-ring (bicyclic) bond motifs is 1. The molecule has 1 aliphatic rings. The number of rotatable bonds is 4. The minimum absolute atomic E-state index is 0.558. The third-order valence-corrected chi connectivity index (χ3v) is 5.01. The smallest absolute Gasteiger partial charge is 0.0243 e. The molecule has 1 unspecified atom stereocenters. The monoisotopic (exact) mass is 313 g/mol. The molecule has 0 aliphatic carbocycles. The summed E-state index contributed by atoms with van der Waals surface area (Å²) in [5, 5.41) is 0. The van der Waals surface area contributed by atoms with Gasteiger partial charge in [0.15, 0.2) is 0 Å². The predicted molar refractivity (Wildman–Crippen MR) is 99.8 cm³/mol. The van der Waals surface area contributed by atoms with Crippen molar-refractivity contribution < 1.29 is 0 Å². The molecule has 3 aromatic rings. The van der Waals surface area contributed by atoms with E-state index in [-0.39, 0.29) is 0 Å². The zero-order valence-electron chi connectivity index (χ0n) is 13.9. The quantitative estimate of drug-likeness (QED) is 0.665.